The van der Waals surface area contributed by atoms with Gasteiger partial charge in [0.25, 0.3) is 0 Å². The molecule has 1 atom stereocenters. The number of hydrogen-bond donors (Lipinski definition) is 2. The van der Waals surface area contributed by atoms with Gasteiger partial charge < -0.3 is 15.6 Å². The van der Waals surface area contributed by atoms with Gasteiger partial charge in [-0.1, -0.05) is 61.5 Å². The molecule has 0 bridgehead atoms. The summed E-state index contributed by atoms with van der Waals surface area (Å²) < 4.78 is 5.24. The number of aromatic nitrogens is 2. The molecular formula is C18H21ClN4O2. The quantitative estimate of drug-likeness (QED) is 0.729. The molecule has 132 valence electrons. The van der Waals surface area contributed by atoms with Crippen molar-refractivity contribution in [1.82, 2.24) is 15.5 Å². The van der Waals surface area contributed by atoms with Crippen LogP contribution in [-0.2, 0) is 11.3 Å². The highest BCUT2D eigenvalue weighted by atomic mass is 35.5. The van der Waals surface area contributed by atoms with Gasteiger partial charge in [-0.15, -0.1) is 12.4 Å². The third-order valence-electron chi connectivity index (χ3n) is 3.93. The number of benzene rings is 2. The summed E-state index contributed by atoms with van der Waals surface area (Å²) in [7, 11) is 0. The Kier molecular flexibility index (Phi) is 6.12. The second-order valence-electron chi connectivity index (χ2n) is 6.03. The van der Waals surface area contributed by atoms with E-state index in [1.807, 2.05) is 56.3 Å². The lowest BCUT2D eigenvalue weighted by molar-refractivity contribution is -0.123. The number of halogens is 1. The normalized spacial score (nSPS) is 12.0. The van der Waals surface area contributed by atoms with Crippen LogP contribution in [0.1, 0.15) is 19.7 Å². The van der Waals surface area contributed by atoms with Crippen molar-refractivity contribution >= 4 is 29.1 Å². The number of rotatable bonds is 5. The maximum Gasteiger partial charge on any atom is 0.246 e. The van der Waals surface area contributed by atoms with Gasteiger partial charge in [-0.3, -0.25) is 4.79 Å². The first-order valence-corrected chi connectivity index (χ1v) is 7.90. The lowest BCUT2D eigenvalue weighted by Gasteiger charge is -2.14. The molecule has 3 aromatic rings. The van der Waals surface area contributed by atoms with E-state index in [1.54, 1.807) is 0 Å². The van der Waals surface area contributed by atoms with Crippen molar-refractivity contribution in [3.8, 4) is 11.4 Å². The van der Waals surface area contributed by atoms with Crippen molar-refractivity contribution in [1.29, 1.82) is 0 Å². The third kappa shape index (κ3) is 4.15. The summed E-state index contributed by atoms with van der Waals surface area (Å²) in [5.41, 5.74) is 6.70. The van der Waals surface area contributed by atoms with E-state index in [2.05, 4.69) is 15.5 Å². The Hall–Kier alpha value is -2.44. The van der Waals surface area contributed by atoms with Gasteiger partial charge in [0, 0.05) is 5.56 Å². The molecular weight excluding hydrogens is 340 g/mol. The van der Waals surface area contributed by atoms with Gasteiger partial charge in [0.15, 0.2) is 0 Å². The van der Waals surface area contributed by atoms with Crippen LogP contribution in [0.5, 0.6) is 0 Å². The summed E-state index contributed by atoms with van der Waals surface area (Å²) in [4.78, 5) is 16.3. The monoisotopic (exact) mass is 360 g/mol. The lowest BCUT2D eigenvalue weighted by atomic mass is 10.0. The number of carbonyl (C=O) groups is 1. The van der Waals surface area contributed by atoms with Crippen LogP contribution in [0.25, 0.3) is 22.2 Å². The summed E-state index contributed by atoms with van der Waals surface area (Å²) in [5.74, 6) is 0.695. The first kappa shape index (κ1) is 18.9. The molecule has 0 radical (unpaired) electrons. The fourth-order valence-electron chi connectivity index (χ4n) is 2.44. The van der Waals surface area contributed by atoms with Gasteiger partial charge in [0.1, 0.15) is 0 Å². The fraction of sp³-hybridized carbons (Fsp3) is 0.278. The zero-order valence-electron chi connectivity index (χ0n) is 14.1. The number of carbonyl (C=O) groups excluding carboxylic acids is 1. The Bertz CT molecular complexity index is 858. The van der Waals surface area contributed by atoms with Crippen molar-refractivity contribution in [3.05, 3.63) is 48.4 Å². The highest BCUT2D eigenvalue weighted by Crippen LogP contribution is 2.26. The Labute approximate surface area is 152 Å². The molecule has 1 amide bonds. The summed E-state index contributed by atoms with van der Waals surface area (Å²) in [6, 6.07) is 13.4. The second kappa shape index (κ2) is 8.09. The molecule has 1 aromatic heterocycles. The molecule has 0 saturated heterocycles. The first-order chi connectivity index (χ1) is 11.6. The van der Waals surface area contributed by atoms with Crippen LogP contribution in [0.2, 0.25) is 0 Å². The first-order valence-electron chi connectivity index (χ1n) is 7.90. The molecule has 0 aliphatic rings. The van der Waals surface area contributed by atoms with Gasteiger partial charge in [0.05, 0.1) is 12.6 Å². The average molecular weight is 361 g/mol. The molecule has 0 unspecified atom stereocenters. The zero-order chi connectivity index (χ0) is 17.1. The van der Waals surface area contributed by atoms with E-state index in [-0.39, 0.29) is 30.8 Å². The van der Waals surface area contributed by atoms with Gasteiger partial charge in [-0.05, 0) is 16.7 Å². The van der Waals surface area contributed by atoms with Crippen LogP contribution in [0.3, 0.4) is 0 Å². The van der Waals surface area contributed by atoms with E-state index in [1.165, 1.54) is 0 Å². The predicted molar refractivity (Wildman–Crippen MR) is 99.1 cm³/mol. The van der Waals surface area contributed by atoms with Gasteiger partial charge in [-0.2, -0.15) is 4.98 Å². The van der Waals surface area contributed by atoms with Gasteiger partial charge in [0.2, 0.25) is 17.6 Å². The van der Waals surface area contributed by atoms with Crippen LogP contribution in [0.15, 0.2) is 47.0 Å². The number of fused-ring (bicyclic) bond motifs is 1. The maximum atomic E-state index is 11.9. The largest absolute Gasteiger partial charge is 0.346 e. The molecule has 0 aliphatic heterocycles. The number of amides is 1. The second-order valence-corrected chi connectivity index (χ2v) is 6.03. The smallest absolute Gasteiger partial charge is 0.246 e. The number of hydrogen-bond acceptors (Lipinski definition) is 5. The van der Waals surface area contributed by atoms with E-state index in [4.69, 9.17) is 10.3 Å². The molecule has 2 aromatic carbocycles. The minimum Gasteiger partial charge on any atom is -0.346 e. The van der Waals surface area contributed by atoms with Crippen LogP contribution in [0.4, 0.5) is 0 Å². The molecule has 0 aliphatic carbocycles. The number of nitrogens with two attached hydrogens (primary N) is 1. The average Bonchev–Trinajstić information content (AvgIpc) is 3.07. The van der Waals surface area contributed by atoms with Crippen molar-refractivity contribution in [3.63, 3.8) is 0 Å². The fourth-order valence-corrected chi connectivity index (χ4v) is 2.44. The summed E-state index contributed by atoms with van der Waals surface area (Å²) in [6.07, 6.45) is 0. The standard InChI is InChI=1S/C18H20N4O2.ClH/c1-11(2)16(19)18(23)20-10-15-21-17(22-24-15)14-9-5-7-12-6-3-4-8-13(12)14;/h3-9,11,16H,10,19H2,1-2H3,(H,20,23);1H/t16-;/m0./s1. The van der Waals surface area contributed by atoms with E-state index < -0.39 is 6.04 Å². The minimum atomic E-state index is -0.551. The van der Waals surface area contributed by atoms with Crippen LogP contribution in [-0.4, -0.2) is 22.1 Å². The van der Waals surface area contributed by atoms with Crippen LogP contribution < -0.4 is 11.1 Å². The van der Waals surface area contributed by atoms with Crippen LogP contribution >= 0.6 is 12.4 Å². The molecule has 0 fully saturated rings. The Morgan fingerprint density at radius 3 is 2.68 bits per heavy atom. The SMILES string of the molecule is CC(C)[C@H](N)C(=O)NCc1nc(-c2cccc3ccccc23)no1.Cl. The molecule has 0 spiro atoms. The van der Waals surface area contributed by atoms with Crippen molar-refractivity contribution in [2.45, 2.75) is 26.4 Å². The topological polar surface area (TPSA) is 94.0 Å². The van der Waals surface area contributed by atoms with E-state index in [0.717, 1.165) is 16.3 Å². The predicted octanol–water partition coefficient (Wildman–Crippen LogP) is 2.91. The maximum absolute atomic E-state index is 11.9. The highest BCUT2D eigenvalue weighted by Gasteiger charge is 2.18. The number of nitrogens with zero attached hydrogens (tertiary/aromatic N) is 2. The van der Waals surface area contributed by atoms with E-state index >= 15 is 0 Å². The van der Waals surface area contributed by atoms with Crippen molar-refractivity contribution in [2.24, 2.45) is 11.7 Å². The van der Waals surface area contributed by atoms with Crippen LogP contribution in [0, 0.1) is 5.92 Å². The van der Waals surface area contributed by atoms with Crippen molar-refractivity contribution in [2.75, 3.05) is 0 Å². The molecule has 3 N–H and O–H groups in total. The minimum absolute atomic E-state index is 0. The summed E-state index contributed by atoms with van der Waals surface area (Å²) in [6.45, 7) is 3.96. The molecule has 3 rings (SSSR count). The Morgan fingerprint density at radius 2 is 1.92 bits per heavy atom. The third-order valence-corrected chi connectivity index (χ3v) is 3.93. The molecule has 25 heavy (non-hydrogen) atoms. The lowest BCUT2D eigenvalue weighted by Crippen LogP contribution is -2.43. The Morgan fingerprint density at radius 1 is 1.20 bits per heavy atom. The molecule has 7 heteroatoms. The van der Waals surface area contributed by atoms with E-state index in [0.29, 0.717) is 11.7 Å². The van der Waals surface area contributed by atoms with Gasteiger partial charge in [-0.25, -0.2) is 0 Å². The molecule has 1 heterocycles. The summed E-state index contributed by atoms with van der Waals surface area (Å²) in [5, 5.41) is 8.91. The zero-order valence-corrected chi connectivity index (χ0v) is 14.9. The molecule has 0 saturated carbocycles. The Balaban J connectivity index is 0.00000225. The number of nitrogens with one attached hydrogen (secondary N) is 1. The summed E-state index contributed by atoms with van der Waals surface area (Å²) >= 11 is 0. The van der Waals surface area contributed by atoms with Gasteiger partial charge >= 0.3 is 0 Å². The van der Waals surface area contributed by atoms with Crippen molar-refractivity contribution < 1.29 is 9.32 Å². The van der Waals surface area contributed by atoms with E-state index in [9.17, 15) is 4.79 Å². The molecule has 6 nitrogen and oxygen atoms in total. The highest BCUT2D eigenvalue weighted by molar-refractivity contribution is 5.94.